The van der Waals surface area contributed by atoms with E-state index in [0.717, 1.165) is 31.5 Å². The number of nitrogens with zero attached hydrogens (tertiary/aromatic N) is 1. The number of rotatable bonds is 4. The lowest BCUT2D eigenvalue weighted by atomic mass is 9.85. The van der Waals surface area contributed by atoms with Crippen molar-refractivity contribution >= 4 is 0 Å². The molecule has 3 unspecified atom stereocenters. The first-order valence-corrected chi connectivity index (χ1v) is 5.62. The first-order chi connectivity index (χ1) is 6.69. The quantitative estimate of drug-likeness (QED) is 0.734. The number of piperidine rings is 1. The molecule has 2 N–H and O–H groups in total. The van der Waals surface area contributed by atoms with Gasteiger partial charge in [-0.25, -0.2) is 0 Å². The van der Waals surface area contributed by atoms with E-state index in [0.29, 0.717) is 6.04 Å². The Morgan fingerprint density at radius 3 is 2.71 bits per heavy atom. The standard InChI is InChI=1S/C11H24N2O/c1-9-6-10(2)11(7-12)13(8-9)4-5-14-3/h9-11H,4-8,12H2,1-3H3. The lowest BCUT2D eigenvalue weighted by molar-refractivity contribution is 0.0482. The number of ether oxygens (including phenoxy) is 1. The molecule has 84 valence electrons. The minimum atomic E-state index is 0.557. The fraction of sp³-hybridized carbons (Fsp3) is 1.00. The molecule has 0 aliphatic carbocycles. The Morgan fingerprint density at radius 1 is 1.43 bits per heavy atom. The Balaban J connectivity index is 2.49. The van der Waals surface area contributed by atoms with E-state index in [2.05, 4.69) is 18.7 Å². The number of nitrogens with two attached hydrogens (primary N) is 1. The predicted octanol–water partition coefficient (Wildman–Crippen LogP) is 0.938. The van der Waals surface area contributed by atoms with Crippen LogP contribution in [0.4, 0.5) is 0 Å². The zero-order chi connectivity index (χ0) is 10.6. The molecule has 0 amide bonds. The molecule has 0 aromatic heterocycles. The van der Waals surface area contributed by atoms with Gasteiger partial charge in [0.25, 0.3) is 0 Å². The topological polar surface area (TPSA) is 38.5 Å². The van der Waals surface area contributed by atoms with Crippen molar-refractivity contribution in [3.63, 3.8) is 0 Å². The van der Waals surface area contributed by atoms with Crippen LogP contribution in [0.1, 0.15) is 20.3 Å². The second-order valence-electron chi connectivity index (χ2n) is 4.61. The lowest BCUT2D eigenvalue weighted by Crippen LogP contribution is -2.51. The summed E-state index contributed by atoms with van der Waals surface area (Å²) >= 11 is 0. The van der Waals surface area contributed by atoms with E-state index in [4.69, 9.17) is 10.5 Å². The SMILES string of the molecule is COCCN1CC(C)CC(C)C1CN. The second-order valence-corrected chi connectivity index (χ2v) is 4.61. The van der Waals surface area contributed by atoms with Crippen molar-refractivity contribution in [3.05, 3.63) is 0 Å². The molecule has 0 bridgehead atoms. The van der Waals surface area contributed by atoms with E-state index in [-0.39, 0.29) is 0 Å². The minimum Gasteiger partial charge on any atom is -0.383 e. The zero-order valence-corrected chi connectivity index (χ0v) is 9.70. The van der Waals surface area contributed by atoms with Crippen LogP contribution in [0.2, 0.25) is 0 Å². The summed E-state index contributed by atoms with van der Waals surface area (Å²) in [5.74, 6) is 1.52. The van der Waals surface area contributed by atoms with Crippen molar-refractivity contribution in [2.45, 2.75) is 26.3 Å². The molecule has 1 aliphatic rings. The molecule has 3 heteroatoms. The third-order valence-corrected chi connectivity index (χ3v) is 3.27. The van der Waals surface area contributed by atoms with Crippen LogP contribution in [0.3, 0.4) is 0 Å². The summed E-state index contributed by atoms with van der Waals surface area (Å²) in [6.45, 7) is 8.42. The molecule has 0 radical (unpaired) electrons. The third kappa shape index (κ3) is 2.94. The molecule has 0 aromatic carbocycles. The fourth-order valence-electron chi connectivity index (χ4n) is 2.61. The maximum Gasteiger partial charge on any atom is 0.0589 e. The van der Waals surface area contributed by atoms with Gasteiger partial charge in [0.15, 0.2) is 0 Å². The van der Waals surface area contributed by atoms with Gasteiger partial charge >= 0.3 is 0 Å². The molecule has 1 saturated heterocycles. The highest BCUT2D eigenvalue weighted by atomic mass is 16.5. The number of hydrogen-bond acceptors (Lipinski definition) is 3. The first-order valence-electron chi connectivity index (χ1n) is 5.62. The van der Waals surface area contributed by atoms with Crippen molar-refractivity contribution < 1.29 is 4.74 Å². The van der Waals surface area contributed by atoms with E-state index in [1.54, 1.807) is 7.11 Å². The van der Waals surface area contributed by atoms with Crippen molar-refractivity contribution in [1.29, 1.82) is 0 Å². The summed E-state index contributed by atoms with van der Waals surface area (Å²) in [6, 6.07) is 0.557. The summed E-state index contributed by atoms with van der Waals surface area (Å²) in [7, 11) is 1.76. The smallest absolute Gasteiger partial charge is 0.0589 e. The van der Waals surface area contributed by atoms with Crippen LogP contribution < -0.4 is 5.73 Å². The summed E-state index contributed by atoms with van der Waals surface area (Å²) in [6.07, 6.45) is 1.31. The zero-order valence-electron chi connectivity index (χ0n) is 9.70. The van der Waals surface area contributed by atoms with Gasteiger partial charge in [0.2, 0.25) is 0 Å². The number of methoxy groups -OCH3 is 1. The summed E-state index contributed by atoms with van der Waals surface area (Å²) < 4.78 is 5.13. The van der Waals surface area contributed by atoms with Crippen LogP contribution in [-0.4, -0.2) is 44.3 Å². The highest BCUT2D eigenvalue weighted by Crippen LogP contribution is 2.26. The van der Waals surface area contributed by atoms with Crippen LogP contribution in [0.15, 0.2) is 0 Å². The maximum absolute atomic E-state index is 5.82. The van der Waals surface area contributed by atoms with E-state index in [1.165, 1.54) is 13.0 Å². The van der Waals surface area contributed by atoms with Gasteiger partial charge in [-0.15, -0.1) is 0 Å². The highest BCUT2D eigenvalue weighted by Gasteiger charge is 2.30. The molecule has 1 aliphatic heterocycles. The molecular formula is C11H24N2O. The van der Waals surface area contributed by atoms with E-state index in [9.17, 15) is 0 Å². The number of hydrogen-bond donors (Lipinski definition) is 1. The van der Waals surface area contributed by atoms with E-state index < -0.39 is 0 Å². The maximum atomic E-state index is 5.82. The minimum absolute atomic E-state index is 0.557. The Hall–Kier alpha value is -0.120. The van der Waals surface area contributed by atoms with Crippen LogP contribution in [0.5, 0.6) is 0 Å². The van der Waals surface area contributed by atoms with Crippen LogP contribution >= 0.6 is 0 Å². The van der Waals surface area contributed by atoms with E-state index in [1.807, 2.05) is 0 Å². The van der Waals surface area contributed by atoms with Crippen LogP contribution in [-0.2, 0) is 4.74 Å². The molecule has 0 aromatic rings. The highest BCUT2D eigenvalue weighted by molar-refractivity contribution is 4.85. The van der Waals surface area contributed by atoms with Crippen molar-refractivity contribution in [2.75, 3.05) is 33.4 Å². The van der Waals surface area contributed by atoms with Crippen molar-refractivity contribution in [1.82, 2.24) is 4.90 Å². The summed E-state index contributed by atoms with van der Waals surface area (Å²) in [5.41, 5.74) is 5.82. The summed E-state index contributed by atoms with van der Waals surface area (Å²) in [5, 5.41) is 0. The monoisotopic (exact) mass is 200 g/mol. The molecule has 3 nitrogen and oxygen atoms in total. The Bertz CT molecular complexity index is 163. The molecule has 1 heterocycles. The average molecular weight is 200 g/mol. The lowest BCUT2D eigenvalue weighted by Gasteiger charge is -2.42. The molecule has 1 rings (SSSR count). The van der Waals surface area contributed by atoms with Crippen LogP contribution in [0, 0.1) is 11.8 Å². The Morgan fingerprint density at radius 2 is 2.14 bits per heavy atom. The second kappa shape index (κ2) is 5.69. The largest absolute Gasteiger partial charge is 0.383 e. The van der Waals surface area contributed by atoms with Crippen molar-refractivity contribution in [3.8, 4) is 0 Å². The van der Waals surface area contributed by atoms with Crippen LogP contribution in [0.25, 0.3) is 0 Å². The molecule has 1 fully saturated rings. The third-order valence-electron chi connectivity index (χ3n) is 3.27. The van der Waals surface area contributed by atoms with Gasteiger partial charge in [-0.05, 0) is 18.3 Å². The molecule has 14 heavy (non-hydrogen) atoms. The van der Waals surface area contributed by atoms with Gasteiger partial charge in [0.1, 0.15) is 0 Å². The number of likely N-dealkylation sites (tertiary alicyclic amines) is 1. The fourth-order valence-corrected chi connectivity index (χ4v) is 2.61. The molecular weight excluding hydrogens is 176 g/mol. The van der Waals surface area contributed by atoms with Gasteiger partial charge in [-0.3, -0.25) is 4.90 Å². The van der Waals surface area contributed by atoms with Gasteiger partial charge in [0, 0.05) is 32.8 Å². The van der Waals surface area contributed by atoms with Gasteiger partial charge in [-0.2, -0.15) is 0 Å². The van der Waals surface area contributed by atoms with Gasteiger partial charge < -0.3 is 10.5 Å². The molecule has 3 atom stereocenters. The van der Waals surface area contributed by atoms with Gasteiger partial charge in [0.05, 0.1) is 6.61 Å². The van der Waals surface area contributed by atoms with E-state index >= 15 is 0 Å². The summed E-state index contributed by atoms with van der Waals surface area (Å²) in [4.78, 5) is 2.49. The average Bonchev–Trinajstić information content (AvgIpc) is 2.14. The van der Waals surface area contributed by atoms with Crippen molar-refractivity contribution in [2.24, 2.45) is 17.6 Å². The Kier molecular flexibility index (Phi) is 4.85. The molecule has 0 saturated carbocycles. The first kappa shape index (κ1) is 12.0. The Labute approximate surface area is 87.6 Å². The predicted molar refractivity (Wildman–Crippen MR) is 59.2 cm³/mol. The normalized spacial score (nSPS) is 34.7. The molecule has 0 spiro atoms. The van der Waals surface area contributed by atoms with Gasteiger partial charge in [-0.1, -0.05) is 13.8 Å².